The van der Waals surface area contributed by atoms with E-state index in [4.69, 9.17) is 9.47 Å². The van der Waals surface area contributed by atoms with Crippen molar-refractivity contribution < 1.29 is 24.2 Å². The Kier molecular flexibility index (Phi) is 6.06. The number of likely N-dealkylation sites (N-methyl/N-ethyl adjacent to an activating group) is 1. The summed E-state index contributed by atoms with van der Waals surface area (Å²) >= 11 is 0. The molecule has 0 fully saturated rings. The van der Waals surface area contributed by atoms with Crippen LogP contribution in [0.25, 0.3) is 0 Å². The molecule has 26 heavy (non-hydrogen) atoms. The maximum Gasteiger partial charge on any atom is 0.316 e. The molecule has 0 aromatic heterocycles. The molecular weight excluding hydrogens is 336 g/mol. The Bertz CT molecular complexity index is 789. The Morgan fingerprint density at radius 2 is 1.65 bits per heavy atom. The first-order valence-corrected chi connectivity index (χ1v) is 7.97. The van der Waals surface area contributed by atoms with E-state index in [1.165, 1.54) is 31.2 Å². The molecule has 2 amide bonds. The fourth-order valence-electron chi connectivity index (χ4n) is 2.41. The molecule has 2 N–H and O–H groups in total. The first-order valence-electron chi connectivity index (χ1n) is 7.97. The van der Waals surface area contributed by atoms with Gasteiger partial charge in [-0.25, -0.2) is 0 Å². The summed E-state index contributed by atoms with van der Waals surface area (Å²) < 4.78 is 10.4. The lowest BCUT2D eigenvalue weighted by Crippen LogP contribution is -2.42. The fraction of sp³-hybridized carbons (Fsp3) is 0.263. The van der Waals surface area contributed by atoms with Crippen molar-refractivity contribution in [2.24, 2.45) is 0 Å². The molecule has 2 aromatic rings. The predicted octanol–water partition coefficient (Wildman–Crippen LogP) is 2.25. The summed E-state index contributed by atoms with van der Waals surface area (Å²) in [7, 11) is 4.57. The van der Waals surface area contributed by atoms with Gasteiger partial charge in [0, 0.05) is 12.7 Å². The summed E-state index contributed by atoms with van der Waals surface area (Å²) in [4.78, 5) is 25.8. The predicted molar refractivity (Wildman–Crippen MR) is 97.6 cm³/mol. The SMILES string of the molecule is COc1ccc(C(C)NC(=O)C(=O)N(C)c2ccc(O)cc2)cc1OC. The third kappa shape index (κ3) is 4.24. The van der Waals surface area contributed by atoms with Crippen molar-refractivity contribution >= 4 is 17.5 Å². The van der Waals surface area contributed by atoms with Gasteiger partial charge in [0.25, 0.3) is 0 Å². The number of carbonyl (C=O) groups is 2. The molecule has 0 saturated carbocycles. The van der Waals surface area contributed by atoms with Crippen LogP contribution in [0.1, 0.15) is 18.5 Å². The van der Waals surface area contributed by atoms with Gasteiger partial charge in [-0.1, -0.05) is 6.07 Å². The van der Waals surface area contributed by atoms with Crippen molar-refractivity contribution in [3.63, 3.8) is 0 Å². The van der Waals surface area contributed by atoms with Crippen LogP contribution >= 0.6 is 0 Å². The zero-order chi connectivity index (χ0) is 19.3. The number of nitrogens with one attached hydrogen (secondary N) is 1. The number of nitrogens with zero attached hydrogens (tertiary/aromatic N) is 1. The maximum absolute atomic E-state index is 12.3. The second-order valence-corrected chi connectivity index (χ2v) is 5.69. The lowest BCUT2D eigenvalue weighted by molar-refractivity contribution is -0.137. The Morgan fingerprint density at radius 3 is 2.23 bits per heavy atom. The minimum atomic E-state index is -0.733. The van der Waals surface area contributed by atoms with E-state index in [9.17, 15) is 14.7 Å². The average Bonchev–Trinajstić information content (AvgIpc) is 2.66. The van der Waals surface area contributed by atoms with Gasteiger partial charge in [-0.15, -0.1) is 0 Å². The van der Waals surface area contributed by atoms with E-state index in [-0.39, 0.29) is 5.75 Å². The highest BCUT2D eigenvalue weighted by Gasteiger charge is 2.22. The highest BCUT2D eigenvalue weighted by molar-refractivity contribution is 6.40. The number of rotatable bonds is 5. The maximum atomic E-state index is 12.3. The minimum absolute atomic E-state index is 0.0844. The molecule has 7 nitrogen and oxygen atoms in total. The molecule has 0 spiro atoms. The number of amides is 2. The molecule has 2 rings (SSSR count). The molecule has 0 heterocycles. The topological polar surface area (TPSA) is 88.1 Å². The number of methoxy groups -OCH3 is 2. The molecule has 0 aliphatic heterocycles. The Balaban J connectivity index is 2.08. The van der Waals surface area contributed by atoms with Gasteiger partial charge in [0.05, 0.1) is 20.3 Å². The number of anilines is 1. The van der Waals surface area contributed by atoms with Crippen LogP contribution in [0.4, 0.5) is 5.69 Å². The third-order valence-corrected chi connectivity index (χ3v) is 3.99. The summed E-state index contributed by atoms with van der Waals surface area (Å²) in [6.07, 6.45) is 0. The van der Waals surface area contributed by atoms with Gasteiger partial charge in [-0.05, 0) is 48.9 Å². The van der Waals surface area contributed by atoms with Crippen molar-refractivity contribution in [2.75, 3.05) is 26.2 Å². The molecule has 0 radical (unpaired) electrons. The normalized spacial score (nSPS) is 11.4. The molecule has 0 aliphatic rings. The van der Waals surface area contributed by atoms with Crippen LogP contribution in [0.15, 0.2) is 42.5 Å². The third-order valence-electron chi connectivity index (χ3n) is 3.99. The number of hydrogen-bond acceptors (Lipinski definition) is 5. The van der Waals surface area contributed by atoms with E-state index >= 15 is 0 Å². The van der Waals surface area contributed by atoms with E-state index in [1.807, 2.05) is 0 Å². The quantitative estimate of drug-likeness (QED) is 0.801. The van der Waals surface area contributed by atoms with Gasteiger partial charge in [0.15, 0.2) is 11.5 Å². The minimum Gasteiger partial charge on any atom is -0.508 e. The van der Waals surface area contributed by atoms with Crippen LogP contribution in [-0.2, 0) is 9.59 Å². The molecule has 7 heteroatoms. The van der Waals surface area contributed by atoms with Crippen LogP contribution < -0.4 is 19.7 Å². The van der Waals surface area contributed by atoms with Crippen LogP contribution in [0.3, 0.4) is 0 Å². The number of ether oxygens (including phenoxy) is 2. The van der Waals surface area contributed by atoms with Crippen molar-refractivity contribution in [1.82, 2.24) is 5.32 Å². The van der Waals surface area contributed by atoms with Gasteiger partial charge in [0.1, 0.15) is 5.75 Å². The van der Waals surface area contributed by atoms with Gasteiger partial charge in [-0.3, -0.25) is 9.59 Å². The zero-order valence-electron chi connectivity index (χ0n) is 15.1. The zero-order valence-corrected chi connectivity index (χ0v) is 15.1. The molecule has 0 bridgehead atoms. The number of hydrogen-bond donors (Lipinski definition) is 2. The summed E-state index contributed by atoms with van der Waals surface area (Å²) in [5.74, 6) is -0.233. The fourth-order valence-corrected chi connectivity index (χ4v) is 2.41. The number of phenolic OH excluding ortho intramolecular Hbond substituents is 1. The summed E-state index contributed by atoms with van der Waals surface area (Å²) in [6.45, 7) is 1.77. The van der Waals surface area contributed by atoms with Gasteiger partial charge in [0.2, 0.25) is 0 Å². The van der Waals surface area contributed by atoms with E-state index in [1.54, 1.807) is 44.4 Å². The Morgan fingerprint density at radius 1 is 1.04 bits per heavy atom. The average molecular weight is 358 g/mol. The second-order valence-electron chi connectivity index (χ2n) is 5.69. The number of aromatic hydroxyl groups is 1. The van der Waals surface area contributed by atoms with Crippen molar-refractivity contribution in [1.29, 1.82) is 0 Å². The van der Waals surface area contributed by atoms with Gasteiger partial charge >= 0.3 is 11.8 Å². The van der Waals surface area contributed by atoms with Crippen LogP contribution in [-0.4, -0.2) is 38.2 Å². The molecular formula is C19H22N2O5. The number of carbonyl (C=O) groups excluding carboxylic acids is 2. The first kappa shape index (κ1) is 19.1. The first-order chi connectivity index (χ1) is 12.4. The summed E-state index contributed by atoms with van der Waals surface area (Å²) in [5.41, 5.74) is 1.28. The summed E-state index contributed by atoms with van der Waals surface area (Å²) in [5, 5.41) is 12.0. The molecule has 1 atom stereocenters. The second kappa shape index (κ2) is 8.24. The lowest BCUT2D eigenvalue weighted by Gasteiger charge is -2.20. The van der Waals surface area contributed by atoms with E-state index in [2.05, 4.69) is 5.32 Å². The van der Waals surface area contributed by atoms with Crippen molar-refractivity contribution in [2.45, 2.75) is 13.0 Å². The van der Waals surface area contributed by atoms with E-state index < -0.39 is 17.9 Å². The van der Waals surface area contributed by atoms with Crippen LogP contribution in [0.5, 0.6) is 17.2 Å². The highest BCUT2D eigenvalue weighted by Crippen LogP contribution is 2.29. The van der Waals surface area contributed by atoms with E-state index in [0.29, 0.717) is 17.2 Å². The lowest BCUT2D eigenvalue weighted by atomic mass is 10.1. The number of phenols is 1. The Hall–Kier alpha value is -3.22. The summed E-state index contributed by atoms with van der Waals surface area (Å²) in [6, 6.07) is 10.9. The van der Waals surface area contributed by atoms with Crippen LogP contribution in [0.2, 0.25) is 0 Å². The Labute approximate surface area is 152 Å². The standard InChI is InChI=1S/C19H22N2O5/c1-12(13-5-10-16(25-3)17(11-13)26-4)20-18(23)19(24)21(2)14-6-8-15(22)9-7-14/h5-12,22H,1-4H3,(H,20,23). The highest BCUT2D eigenvalue weighted by atomic mass is 16.5. The molecule has 138 valence electrons. The smallest absolute Gasteiger partial charge is 0.316 e. The van der Waals surface area contributed by atoms with E-state index in [0.717, 1.165) is 5.56 Å². The molecule has 0 saturated heterocycles. The van der Waals surface area contributed by atoms with Crippen molar-refractivity contribution in [3.8, 4) is 17.2 Å². The largest absolute Gasteiger partial charge is 0.508 e. The van der Waals surface area contributed by atoms with Crippen LogP contribution in [0, 0.1) is 0 Å². The molecule has 2 aromatic carbocycles. The number of benzene rings is 2. The van der Waals surface area contributed by atoms with Crippen molar-refractivity contribution in [3.05, 3.63) is 48.0 Å². The van der Waals surface area contributed by atoms with Gasteiger partial charge in [-0.2, -0.15) is 0 Å². The monoisotopic (exact) mass is 358 g/mol. The molecule has 1 unspecified atom stereocenters. The molecule has 0 aliphatic carbocycles. The van der Waals surface area contributed by atoms with Gasteiger partial charge < -0.3 is 24.8 Å².